The monoisotopic (exact) mass is 241 g/mol. The fourth-order valence-electron chi connectivity index (χ4n) is 1.98. The first kappa shape index (κ1) is 10.8. The van der Waals surface area contributed by atoms with Crippen molar-refractivity contribution in [3.05, 3.63) is 33.8 Å². The van der Waals surface area contributed by atoms with Crippen molar-refractivity contribution in [2.75, 3.05) is 5.32 Å². The van der Waals surface area contributed by atoms with Crippen LogP contribution in [0.25, 0.3) is 5.57 Å². The van der Waals surface area contributed by atoms with Crippen LogP contribution in [-0.4, -0.2) is 5.54 Å². The first-order valence-corrected chi connectivity index (χ1v) is 5.62. The minimum atomic E-state index is -0.0335. The van der Waals surface area contributed by atoms with Crippen molar-refractivity contribution in [1.29, 1.82) is 0 Å². The Labute approximate surface area is 100 Å². The molecule has 0 spiro atoms. The van der Waals surface area contributed by atoms with Crippen molar-refractivity contribution in [1.82, 2.24) is 0 Å². The normalized spacial score (nSPS) is 17.8. The van der Waals surface area contributed by atoms with Crippen LogP contribution in [0.15, 0.2) is 18.2 Å². The molecule has 0 saturated heterocycles. The summed E-state index contributed by atoms with van der Waals surface area (Å²) in [5.74, 6) is 0. The molecule has 0 unspecified atom stereocenters. The molecule has 2 rings (SSSR count). The number of hydrogen-bond donors (Lipinski definition) is 1. The van der Waals surface area contributed by atoms with Gasteiger partial charge < -0.3 is 5.32 Å². The average Bonchev–Trinajstić information content (AvgIpc) is 2.07. The predicted octanol–water partition coefficient (Wildman–Crippen LogP) is 4.60. The largest absolute Gasteiger partial charge is 0.376 e. The zero-order chi connectivity index (χ0) is 11.2. The average molecular weight is 242 g/mol. The van der Waals surface area contributed by atoms with Crippen molar-refractivity contribution in [3.8, 4) is 0 Å². The van der Waals surface area contributed by atoms with E-state index in [1.807, 2.05) is 12.1 Å². The SMILES string of the molecule is CC1=CC(C)(C)Nc2cc(Cl)c(Cl)cc21. The van der Waals surface area contributed by atoms with Crippen molar-refractivity contribution >= 4 is 34.5 Å². The molecule has 0 fully saturated rings. The van der Waals surface area contributed by atoms with E-state index in [1.165, 1.54) is 5.57 Å². The molecule has 3 heteroatoms. The summed E-state index contributed by atoms with van der Waals surface area (Å²) >= 11 is 12.0. The maximum absolute atomic E-state index is 6.00. The first-order chi connectivity index (χ1) is 6.89. The highest BCUT2D eigenvalue weighted by atomic mass is 35.5. The maximum Gasteiger partial charge on any atom is 0.0613 e. The van der Waals surface area contributed by atoms with Crippen molar-refractivity contribution in [3.63, 3.8) is 0 Å². The molecule has 15 heavy (non-hydrogen) atoms. The van der Waals surface area contributed by atoms with Gasteiger partial charge >= 0.3 is 0 Å². The lowest BCUT2D eigenvalue weighted by molar-refractivity contribution is 0.707. The number of nitrogens with one attached hydrogen (secondary N) is 1. The standard InChI is InChI=1S/C12H13Cl2N/c1-7-6-12(2,3)15-11-5-10(14)9(13)4-8(7)11/h4-6,15H,1-3H3. The lowest BCUT2D eigenvalue weighted by atomic mass is 9.91. The highest BCUT2D eigenvalue weighted by Crippen LogP contribution is 2.38. The Balaban J connectivity index is 2.61. The number of halogens is 2. The van der Waals surface area contributed by atoms with Crippen molar-refractivity contribution in [2.24, 2.45) is 0 Å². The topological polar surface area (TPSA) is 12.0 Å². The van der Waals surface area contributed by atoms with Gasteiger partial charge in [0.15, 0.2) is 0 Å². The zero-order valence-corrected chi connectivity index (χ0v) is 10.5. The summed E-state index contributed by atoms with van der Waals surface area (Å²) in [7, 11) is 0. The summed E-state index contributed by atoms with van der Waals surface area (Å²) in [5.41, 5.74) is 3.37. The number of rotatable bonds is 0. The van der Waals surface area contributed by atoms with E-state index >= 15 is 0 Å². The summed E-state index contributed by atoms with van der Waals surface area (Å²) in [5, 5.41) is 4.61. The van der Waals surface area contributed by atoms with Crippen LogP contribution < -0.4 is 5.32 Å². The third-order valence-corrected chi connectivity index (χ3v) is 3.24. The molecule has 0 aliphatic carbocycles. The molecule has 80 valence electrons. The van der Waals surface area contributed by atoms with E-state index in [4.69, 9.17) is 23.2 Å². The van der Waals surface area contributed by atoms with E-state index in [1.54, 1.807) is 0 Å². The van der Waals surface area contributed by atoms with Gasteiger partial charge in [-0.1, -0.05) is 29.3 Å². The molecular weight excluding hydrogens is 229 g/mol. The second-order valence-corrected chi connectivity index (χ2v) is 5.30. The lowest BCUT2D eigenvalue weighted by Crippen LogP contribution is -2.31. The van der Waals surface area contributed by atoms with Crippen LogP contribution in [0.3, 0.4) is 0 Å². The summed E-state index contributed by atoms with van der Waals surface area (Å²) in [6.45, 7) is 6.34. The van der Waals surface area contributed by atoms with Crippen molar-refractivity contribution in [2.45, 2.75) is 26.3 Å². The fraction of sp³-hybridized carbons (Fsp3) is 0.333. The second kappa shape index (κ2) is 3.43. The molecule has 1 heterocycles. The van der Waals surface area contributed by atoms with Gasteiger partial charge in [0.2, 0.25) is 0 Å². The van der Waals surface area contributed by atoms with Gasteiger partial charge in [-0.2, -0.15) is 0 Å². The molecule has 1 N–H and O–H groups in total. The Hall–Kier alpha value is -0.660. The van der Waals surface area contributed by atoms with Gasteiger partial charge in [0, 0.05) is 11.3 Å². The Kier molecular flexibility index (Phi) is 2.48. The Bertz CT molecular complexity index is 447. The molecule has 0 amide bonds. The molecule has 1 aliphatic heterocycles. The quantitative estimate of drug-likeness (QED) is 0.700. The van der Waals surface area contributed by atoms with Gasteiger partial charge in [0.05, 0.1) is 15.6 Å². The van der Waals surface area contributed by atoms with Gasteiger partial charge in [-0.25, -0.2) is 0 Å². The van der Waals surface area contributed by atoms with Crippen molar-refractivity contribution < 1.29 is 0 Å². The highest BCUT2D eigenvalue weighted by molar-refractivity contribution is 6.42. The Morgan fingerprint density at radius 1 is 1.13 bits per heavy atom. The van der Waals surface area contributed by atoms with E-state index in [2.05, 4.69) is 32.2 Å². The lowest BCUT2D eigenvalue weighted by Gasteiger charge is -2.31. The third-order valence-electron chi connectivity index (χ3n) is 2.52. The molecule has 0 bridgehead atoms. The van der Waals surface area contributed by atoms with E-state index in [0.29, 0.717) is 10.0 Å². The smallest absolute Gasteiger partial charge is 0.0613 e. The van der Waals surface area contributed by atoms with Crippen LogP contribution in [0.2, 0.25) is 10.0 Å². The van der Waals surface area contributed by atoms with Crippen LogP contribution in [0, 0.1) is 0 Å². The summed E-state index contributed by atoms with van der Waals surface area (Å²) < 4.78 is 0. The molecule has 1 aromatic carbocycles. The van der Waals surface area contributed by atoms with E-state index in [9.17, 15) is 0 Å². The number of hydrogen-bond acceptors (Lipinski definition) is 1. The van der Waals surface area contributed by atoms with E-state index in [-0.39, 0.29) is 5.54 Å². The maximum atomic E-state index is 6.00. The molecule has 0 saturated carbocycles. The van der Waals surface area contributed by atoms with Gasteiger partial charge in [-0.15, -0.1) is 0 Å². The molecule has 0 radical (unpaired) electrons. The van der Waals surface area contributed by atoms with E-state index < -0.39 is 0 Å². The number of allylic oxidation sites excluding steroid dienone is 1. The summed E-state index contributed by atoms with van der Waals surface area (Å²) in [4.78, 5) is 0. The molecule has 1 nitrogen and oxygen atoms in total. The van der Waals surface area contributed by atoms with Gasteiger partial charge in [0.25, 0.3) is 0 Å². The Morgan fingerprint density at radius 2 is 1.73 bits per heavy atom. The second-order valence-electron chi connectivity index (χ2n) is 4.49. The van der Waals surface area contributed by atoms with Crippen LogP contribution >= 0.6 is 23.2 Å². The van der Waals surface area contributed by atoms with E-state index in [0.717, 1.165) is 11.3 Å². The number of anilines is 1. The zero-order valence-electron chi connectivity index (χ0n) is 8.99. The van der Waals surface area contributed by atoms with Crippen LogP contribution in [-0.2, 0) is 0 Å². The Morgan fingerprint density at radius 3 is 2.40 bits per heavy atom. The molecule has 1 aromatic rings. The summed E-state index contributed by atoms with van der Waals surface area (Å²) in [6.07, 6.45) is 2.19. The van der Waals surface area contributed by atoms with Gasteiger partial charge in [-0.3, -0.25) is 0 Å². The molecule has 0 atom stereocenters. The number of fused-ring (bicyclic) bond motifs is 1. The summed E-state index contributed by atoms with van der Waals surface area (Å²) in [6, 6.07) is 3.80. The molecule has 1 aliphatic rings. The third kappa shape index (κ3) is 1.99. The highest BCUT2D eigenvalue weighted by Gasteiger charge is 2.23. The van der Waals surface area contributed by atoms with Gasteiger partial charge in [0.1, 0.15) is 0 Å². The van der Waals surface area contributed by atoms with Crippen LogP contribution in [0.4, 0.5) is 5.69 Å². The predicted molar refractivity (Wildman–Crippen MR) is 67.8 cm³/mol. The minimum absolute atomic E-state index is 0.0335. The van der Waals surface area contributed by atoms with Crippen LogP contribution in [0.5, 0.6) is 0 Å². The first-order valence-electron chi connectivity index (χ1n) is 4.86. The number of benzene rings is 1. The minimum Gasteiger partial charge on any atom is -0.376 e. The van der Waals surface area contributed by atoms with Gasteiger partial charge in [-0.05, 0) is 38.5 Å². The molecular formula is C12H13Cl2N. The molecule has 0 aromatic heterocycles. The fourth-order valence-corrected chi connectivity index (χ4v) is 2.31. The van der Waals surface area contributed by atoms with Crippen LogP contribution in [0.1, 0.15) is 26.3 Å².